The molecule has 1 atom stereocenters. The molecule has 3 heterocycles. The fraction of sp³-hybridized carbons (Fsp3) is 0.533. The van der Waals surface area contributed by atoms with E-state index in [4.69, 9.17) is 4.52 Å². The van der Waals surface area contributed by atoms with E-state index in [1.807, 2.05) is 11.1 Å². The third-order valence-corrected chi connectivity index (χ3v) is 4.54. The van der Waals surface area contributed by atoms with Gasteiger partial charge in [0, 0.05) is 42.2 Å². The van der Waals surface area contributed by atoms with Crippen molar-refractivity contribution in [2.24, 2.45) is 0 Å². The van der Waals surface area contributed by atoms with Gasteiger partial charge in [0.05, 0.1) is 6.20 Å². The summed E-state index contributed by atoms with van der Waals surface area (Å²) in [6.45, 7) is 3.39. The van der Waals surface area contributed by atoms with Gasteiger partial charge in [0.25, 0.3) is 5.91 Å². The lowest BCUT2D eigenvalue weighted by molar-refractivity contribution is 0.0708. The van der Waals surface area contributed by atoms with Crippen LogP contribution in [-0.2, 0) is 19.4 Å². The summed E-state index contributed by atoms with van der Waals surface area (Å²) in [6, 6.07) is 0. The van der Waals surface area contributed by atoms with Crippen LogP contribution in [0.4, 0.5) is 0 Å². The van der Waals surface area contributed by atoms with Gasteiger partial charge < -0.3 is 9.42 Å². The van der Waals surface area contributed by atoms with E-state index in [0.29, 0.717) is 18.8 Å². The Morgan fingerprint density at radius 3 is 3.19 bits per heavy atom. The second-order valence-corrected chi connectivity index (χ2v) is 6.04. The van der Waals surface area contributed by atoms with Gasteiger partial charge in [0.2, 0.25) is 0 Å². The first kappa shape index (κ1) is 12.6. The first-order chi connectivity index (χ1) is 10.2. The third-order valence-electron chi connectivity index (χ3n) is 4.54. The Bertz CT molecular complexity index is 688. The van der Waals surface area contributed by atoms with Crippen LogP contribution in [0.2, 0.25) is 0 Å². The Kier molecular flexibility index (Phi) is 2.83. The molecule has 4 rings (SSSR count). The molecular formula is C15H18N4O2. The van der Waals surface area contributed by atoms with Gasteiger partial charge in [-0.05, 0) is 19.3 Å². The molecule has 2 aromatic heterocycles. The van der Waals surface area contributed by atoms with E-state index in [-0.39, 0.29) is 11.8 Å². The van der Waals surface area contributed by atoms with Gasteiger partial charge >= 0.3 is 0 Å². The molecule has 0 saturated carbocycles. The van der Waals surface area contributed by atoms with Crippen LogP contribution in [0, 0.1) is 0 Å². The molecule has 0 fully saturated rings. The van der Waals surface area contributed by atoms with E-state index in [0.717, 1.165) is 48.3 Å². The third kappa shape index (κ3) is 1.97. The lowest BCUT2D eigenvalue weighted by atomic mass is 9.95. The van der Waals surface area contributed by atoms with E-state index < -0.39 is 0 Å². The molecule has 1 aliphatic carbocycles. The van der Waals surface area contributed by atoms with Gasteiger partial charge in [-0.3, -0.25) is 9.89 Å². The summed E-state index contributed by atoms with van der Waals surface area (Å²) in [5.74, 6) is 1.15. The van der Waals surface area contributed by atoms with Gasteiger partial charge in [-0.25, -0.2) is 0 Å². The van der Waals surface area contributed by atoms with Crippen molar-refractivity contribution in [3.63, 3.8) is 0 Å². The van der Waals surface area contributed by atoms with E-state index in [1.54, 1.807) is 0 Å². The summed E-state index contributed by atoms with van der Waals surface area (Å²) >= 11 is 0. The molecule has 0 radical (unpaired) electrons. The zero-order valence-electron chi connectivity index (χ0n) is 12.1. The maximum Gasteiger partial charge on any atom is 0.276 e. The van der Waals surface area contributed by atoms with E-state index in [2.05, 4.69) is 22.3 Å². The van der Waals surface area contributed by atoms with Gasteiger partial charge in [-0.15, -0.1) is 0 Å². The Balaban J connectivity index is 1.63. The highest BCUT2D eigenvalue weighted by molar-refractivity contribution is 5.94. The normalized spacial score (nSPS) is 21.0. The lowest BCUT2D eigenvalue weighted by Crippen LogP contribution is -2.38. The van der Waals surface area contributed by atoms with Crippen LogP contribution in [0.5, 0.6) is 0 Å². The summed E-state index contributed by atoms with van der Waals surface area (Å²) in [7, 11) is 0. The molecule has 0 unspecified atom stereocenters. The largest absolute Gasteiger partial charge is 0.360 e. The number of rotatable bonds is 1. The molecule has 1 aliphatic heterocycles. The highest BCUT2D eigenvalue weighted by atomic mass is 16.5. The summed E-state index contributed by atoms with van der Waals surface area (Å²) in [4.78, 5) is 14.6. The van der Waals surface area contributed by atoms with Crippen LogP contribution >= 0.6 is 0 Å². The second kappa shape index (κ2) is 4.72. The van der Waals surface area contributed by atoms with E-state index in [1.165, 1.54) is 0 Å². The Labute approximate surface area is 122 Å². The number of nitrogens with one attached hydrogen (secondary N) is 1. The van der Waals surface area contributed by atoms with Crippen LogP contribution in [0.3, 0.4) is 0 Å². The fourth-order valence-corrected chi connectivity index (χ4v) is 3.42. The summed E-state index contributed by atoms with van der Waals surface area (Å²) in [6.07, 6.45) is 5.84. The van der Waals surface area contributed by atoms with E-state index >= 15 is 0 Å². The second-order valence-electron chi connectivity index (χ2n) is 6.04. The average Bonchev–Trinajstić information content (AvgIpc) is 3.13. The van der Waals surface area contributed by atoms with Gasteiger partial charge in [0.1, 0.15) is 5.76 Å². The smallest absolute Gasteiger partial charge is 0.276 e. The number of carbonyl (C=O) groups is 1. The molecule has 0 saturated heterocycles. The molecule has 0 aromatic carbocycles. The van der Waals surface area contributed by atoms with Crippen molar-refractivity contribution in [3.8, 4) is 0 Å². The maximum absolute atomic E-state index is 12.8. The number of amides is 1. The number of fused-ring (bicyclic) bond motifs is 2. The Morgan fingerprint density at radius 1 is 1.43 bits per heavy atom. The van der Waals surface area contributed by atoms with Crippen LogP contribution in [0.1, 0.15) is 58.8 Å². The molecule has 6 nitrogen and oxygen atoms in total. The topological polar surface area (TPSA) is 75.0 Å². The van der Waals surface area contributed by atoms with Gasteiger partial charge in [0.15, 0.2) is 5.69 Å². The minimum Gasteiger partial charge on any atom is -0.360 e. The van der Waals surface area contributed by atoms with Crippen LogP contribution < -0.4 is 0 Å². The summed E-state index contributed by atoms with van der Waals surface area (Å²) < 4.78 is 5.36. The number of hydrogen-bond acceptors (Lipinski definition) is 4. The van der Waals surface area contributed by atoms with Crippen molar-refractivity contribution in [1.29, 1.82) is 0 Å². The van der Waals surface area contributed by atoms with E-state index in [9.17, 15) is 4.79 Å². The van der Waals surface area contributed by atoms with Crippen LogP contribution in [0.15, 0.2) is 10.7 Å². The quantitative estimate of drug-likeness (QED) is 0.870. The van der Waals surface area contributed by atoms with Crippen LogP contribution in [-0.4, -0.2) is 32.7 Å². The molecule has 2 aliphatic rings. The fourth-order valence-electron chi connectivity index (χ4n) is 3.42. The Morgan fingerprint density at radius 2 is 2.29 bits per heavy atom. The lowest BCUT2D eigenvalue weighted by Gasteiger charge is -2.30. The highest BCUT2D eigenvalue weighted by Crippen LogP contribution is 2.29. The molecule has 21 heavy (non-hydrogen) atoms. The number of H-pyrrole nitrogens is 1. The summed E-state index contributed by atoms with van der Waals surface area (Å²) in [5, 5.41) is 11.2. The highest BCUT2D eigenvalue weighted by Gasteiger charge is 2.32. The summed E-state index contributed by atoms with van der Waals surface area (Å²) in [5.41, 5.74) is 3.78. The standard InChI is InChI=1S/C15H18N4O2/c1-9-7-19(8-10-6-16-17-13(9)10)15(20)14-11-4-2-3-5-12(11)21-18-14/h6,9H,2-5,7-8H2,1H3,(H,16,17)/t9-/m0/s1. The number of aryl methyl sites for hydroxylation is 1. The molecule has 0 bridgehead atoms. The van der Waals surface area contributed by atoms with Crippen molar-refractivity contribution in [2.45, 2.75) is 45.1 Å². The molecule has 6 heteroatoms. The maximum atomic E-state index is 12.8. The minimum absolute atomic E-state index is 0.0133. The number of aromatic nitrogens is 3. The predicted molar refractivity (Wildman–Crippen MR) is 74.9 cm³/mol. The molecule has 1 N–H and O–H groups in total. The van der Waals surface area contributed by atoms with Crippen LogP contribution in [0.25, 0.3) is 0 Å². The number of carbonyl (C=O) groups excluding carboxylic acids is 1. The van der Waals surface area contributed by atoms with Crippen molar-refractivity contribution in [3.05, 3.63) is 34.5 Å². The first-order valence-corrected chi connectivity index (χ1v) is 7.53. The SMILES string of the molecule is C[C@H]1CN(C(=O)c2noc3c2CCCC3)Cc2cn[nH]c21. The Hall–Kier alpha value is -2.11. The van der Waals surface area contributed by atoms with Crippen molar-refractivity contribution in [1.82, 2.24) is 20.3 Å². The molecule has 2 aromatic rings. The van der Waals surface area contributed by atoms with Crippen molar-refractivity contribution in [2.75, 3.05) is 6.54 Å². The minimum atomic E-state index is -0.0133. The molecule has 110 valence electrons. The number of hydrogen-bond donors (Lipinski definition) is 1. The molecular weight excluding hydrogens is 268 g/mol. The van der Waals surface area contributed by atoms with Gasteiger partial charge in [-0.1, -0.05) is 12.1 Å². The van der Waals surface area contributed by atoms with Crippen molar-refractivity contribution >= 4 is 5.91 Å². The molecule has 1 amide bonds. The first-order valence-electron chi connectivity index (χ1n) is 7.53. The molecule has 0 spiro atoms. The predicted octanol–water partition coefficient (Wildman–Crippen LogP) is 2.04. The number of aromatic amines is 1. The number of nitrogens with zero attached hydrogens (tertiary/aromatic N) is 3. The average molecular weight is 286 g/mol. The van der Waals surface area contributed by atoms with Gasteiger partial charge in [-0.2, -0.15) is 5.10 Å². The van der Waals surface area contributed by atoms with Crippen molar-refractivity contribution < 1.29 is 9.32 Å². The monoisotopic (exact) mass is 286 g/mol. The zero-order chi connectivity index (χ0) is 14.4. The zero-order valence-corrected chi connectivity index (χ0v) is 12.1.